The average molecular weight is 330 g/mol. The highest BCUT2D eigenvalue weighted by molar-refractivity contribution is 7.99. The number of nitrogens with zero attached hydrogens (tertiary/aromatic N) is 3. The fourth-order valence-corrected chi connectivity index (χ4v) is 3.47. The van der Waals surface area contributed by atoms with Gasteiger partial charge in [-0.15, -0.1) is 0 Å². The van der Waals surface area contributed by atoms with Gasteiger partial charge in [-0.3, -0.25) is 19.8 Å². The number of hydrogen-bond acceptors (Lipinski definition) is 7. The summed E-state index contributed by atoms with van der Waals surface area (Å²) in [5.74, 6) is 0.207. The molecule has 2 heterocycles. The predicted octanol–water partition coefficient (Wildman–Crippen LogP) is 1.39. The Labute approximate surface area is 131 Å². The van der Waals surface area contributed by atoms with Crippen LogP contribution in [0.25, 0.3) is 0 Å². The number of nitrogens with one attached hydrogen (secondary N) is 1. The third-order valence-corrected chi connectivity index (χ3v) is 4.75. The van der Waals surface area contributed by atoms with E-state index in [1.54, 1.807) is 11.8 Å². The molecule has 0 bridgehead atoms. The summed E-state index contributed by atoms with van der Waals surface area (Å²) < 4.78 is 4.16. The Bertz CT molecular complexity index is 502. The zero-order chi connectivity index (χ0) is 15.2. The number of carboxylic acid groups (broad SMARTS) is 1. The quantitative estimate of drug-likeness (QED) is 0.695. The van der Waals surface area contributed by atoms with Crippen molar-refractivity contribution in [3.8, 4) is 0 Å². The molecule has 0 saturated carbocycles. The van der Waals surface area contributed by atoms with Gasteiger partial charge in [0.1, 0.15) is 0 Å². The van der Waals surface area contributed by atoms with Crippen LogP contribution in [-0.4, -0.2) is 56.6 Å². The number of hydrogen-bond donors (Lipinski definition) is 2. The summed E-state index contributed by atoms with van der Waals surface area (Å²) in [6.45, 7) is 3.68. The maximum absolute atomic E-state index is 11.8. The highest BCUT2D eigenvalue weighted by atomic mass is 32.2. The molecule has 0 aromatic carbocycles. The van der Waals surface area contributed by atoms with Gasteiger partial charge in [-0.05, 0) is 12.3 Å². The molecule has 116 valence electrons. The van der Waals surface area contributed by atoms with Crippen molar-refractivity contribution < 1.29 is 14.7 Å². The Kier molecular flexibility index (Phi) is 5.95. The SMILES string of the molecule is CCCSc1nsc(NC(=O)CN2CC(CC(=O)O)C2)n1. The lowest BCUT2D eigenvalue weighted by atomic mass is 9.96. The molecular weight excluding hydrogens is 312 g/mol. The normalized spacial score (nSPS) is 15.7. The van der Waals surface area contributed by atoms with E-state index < -0.39 is 5.97 Å². The van der Waals surface area contributed by atoms with Gasteiger partial charge in [-0.2, -0.15) is 9.36 Å². The van der Waals surface area contributed by atoms with E-state index in [9.17, 15) is 9.59 Å². The van der Waals surface area contributed by atoms with Crippen LogP contribution in [0, 0.1) is 5.92 Å². The zero-order valence-electron chi connectivity index (χ0n) is 11.7. The van der Waals surface area contributed by atoms with Gasteiger partial charge in [0, 0.05) is 30.4 Å². The van der Waals surface area contributed by atoms with E-state index in [0.29, 0.717) is 23.4 Å². The van der Waals surface area contributed by atoms with Crippen molar-refractivity contribution in [2.45, 2.75) is 24.9 Å². The van der Waals surface area contributed by atoms with E-state index in [0.717, 1.165) is 12.2 Å². The molecule has 2 N–H and O–H groups in total. The van der Waals surface area contributed by atoms with E-state index in [1.165, 1.54) is 11.5 Å². The summed E-state index contributed by atoms with van der Waals surface area (Å²) in [6, 6.07) is 0. The number of aromatic nitrogens is 2. The van der Waals surface area contributed by atoms with Crippen LogP contribution in [0.4, 0.5) is 5.13 Å². The zero-order valence-corrected chi connectivity index (χ0v) is 13.4. The number of carbonyl (C=O) groups excluding carboxylic acids is 1. The van der Waals surface area contributed by atoms with Gasteiger partial charge in [0.2, 0.25) is 16.2 Å². The lowest BCUT2D eigenvalue weighted by Crippen LogP contribution is -2.50. The largest absolute Gasteiger partial charge is 0.481 e. The lowest BCUT2D eigenvalue weighted by molar-refractivity contribution is -0.139. The monoisotopic (exact) mass is 330 g/mol. The molecule has 1 aromatic rings. The number of thioether (sulfide) groups is 1. The molecule has 7 nitrogen and oxygen atoms in total. The number of rotatable bonds is 8. The summed E-state index contributed by atoms with van der Waals surface area (Å²) in [5, 5.41) is 12.6. The van der Waals surface area contributed by atoms with Gasteiger partial charge >= 0.3 is 5.97 Å². The van der Waals surface area contributed by atoms with E-state index in [4.69, 9.17) is 5.11 Å². The van der Waals surface area contributed by atoms with E-state index in [-0.39, 0.29) is 24.8 Å². The Hall–Kier alpha value is -1.19. The standard InChI is InChI=1S/C12H18N4O3S2/c1-2-3-20-12-14-11(21-15-12)13-9(17)7-16-5-8(6-16)4-10(18)19/h8H,2-7H2,1H3,(H,18,19)(H,13,14,15,17). The first kappa shape index (κ1) is 16.2. The number of amides is 1. The van der Waals surface area contributed by atoms with Crippen LogP contribution < -0.4 is 5.32 Å². The van der Waals surface area contributed by atoms with Crippen LogP contribution in [0.1, 0.15) is 19.8 Å². The van der Waals surface area contributed by atoms with E-state index in [2.05, 4.69) is 21.6 Å². The molecule has 0 spiro atoms. The maximum Gasteiger partial charge on any atom is 0.303 e. The Morgan fingerprint density at radius 2 is 2.29 bits per heavy atom. The van der Waals surface area contributed by atoms with Crippen molar-refractivity contribution >= 4 is 40.3 Å². The fourth-order valence-electron chi connectivity index (χ4n) is 2.06. The molecule has 1 aliphatic rings. The first-order valence-electron chi connectivity index (χ1n) is 6.77. The van der Waals surface area contributed by atoms with Crippen LogP contribution in [0.15, 0.2) is 5.16 Å². The molecule has 1 fully saturated rings. The highest BCUT2D eigenvalue weighted by Gasteiger charge is 2.29. The van der Waals surface area contributed by atoms with Crippen LogP contribution in [-0.2, 0) is 9.59 Å². The number of likely N-dealkylation sites (tertiary alicyclic amines) is 1. The summed E-state index contributed by atoms with van der Waals surface area (Å²) in [6.07, 6.45) is 1.23. The molecule has 0 atom stereocenters. The van der Waals surface area contributed by atoms with Crippen molar-refractivity contribution in [2.24, 2.45) is 5.92 Å². The molecule has 2 rings (SSSR count). The van der Waals surface area contributed by atoms with Crippen molar-refractivity contribution in [3.05, 3.63) is 0 Å². The molecule has 0 radical (unpaired) electrons. The van der Waals surface area contributed by atoms with Gasteiger partial charge in [0.25, 0.3) is 0 Å². The Morgan fingerprint density at radius 1 is 1.52 bits per heavy atom. The van der Waals surface area contributed by atoms with Crippen molar-refractivity contribution in [3.63, 3.8) is 0 Å². The smallest absolute Gasteiger partial charge is 0.303 e. The van der Waals surface area contributed by atoms with Crippen LogP contribution in [0.5, 0.6) is 0 Å². The first-order chi connectivity index (χ1) is 10.1. The minimum absolute atomic E-state index is 0.132. The third-order valence-electron chi connectivity index (χ3n) is 2.95. The molecule has 1 amide bonds. The fraction of sp³-hybridized carbons (Fsp3) is 0.667. The number of anilines is 1. The molecule has 9 heteroatoms. The predicted molar refractivity (Wildman–Crippen MR) is 81.7 cm³/mol. The van der Waals surface area contributed by atoms with Crippen molar-refractivity contribution in [2.75, 3.05) is 30.7 Å². The Morgan fingerprint density at radius 3 is 2.95 bits per heavy atom. The van der Waals surface area contributed by atoms with E-state index >= 15 is 0 Å². The van der Waals surface area contributed by atoms with Gasteiger partial charge in [-0.25, -0.2) is 0 Å². The molecule has 1 saturated heterocycles. The summed E-state index contributed by atoms with van der Waals surface area (Å²) >= 11 is 2.75. The molecule has 0 unspecified atom stereocenters. The highest BCUT2D eigenvalue weighted by Crippen LogP contribution is 2.21. The molecular formula is C12H18N4O3S2. The second kappa shape index (κ2) is 7.71. The minimum Gasteiger partial charge on any atom is -0.481 e. The molecule has 1 aliphatic heterocycles. The number of carboxylic acids is 1. The minimum atomic E-state index is -0.782. The van der Waals surface area contributed by atoms with Crippen LogP contribution in [0.2, 0.25) is 0 Å². The summed E-state index contributed by atoms with van der Waals surface area (Å²) in [5.41, 5.74) is 0. The first-order valence-corrected chi connectivity index (χ1v) is 8.53. The van der Waals surface area contributed by atoms with Crippen LogP contribution >= 0.6 is 23.3 Å². The molecule has 1 aromatic heterocycles. The average Bonchev–Trinajstić information content (AvgIpc) is 2.80. The second-order valence-electron chi connectivity index (χ2n) is 4.94. The topological polar surface area (TPSA) is 95.4 Å². The van der Waals surface area contributed by atoms with Crippen LogP contribution in [0.3, 0.4) is 0 Å². The lowest BCUT2D eigenvalue weighted by Gasteiger charge is -2.37. The summed E-state index contributed by atoms with van der Waals surface area (Å²) in [4.78, 5) is 28.5. The Balaban J connectivity index is 1.68. The molecule has 21 heavy (non-hydrogen) atoms. The number of aliphatic carboxylic acids is 1. The second-order valence-corrected chi connectivity index (χ2v) is 6.75. The van der Waals surface area contributed by atoms with Gasteiger partial charge in [0.15, 0.2) is 0 Å². The third kappa shape index (κ3) is 5.25. The van der Waals surface area contributed by atoms with Crippen molar-refractivity contribution in [1.82, 2.24) is 14.3 Å². The molecule has 0 aliphatic carbocycles. The van der Waals surface area contributed by atoms with Gasteiger partial charge in [-0.1, -0.05) is 18.7 Å². The van der Waals surface area contributed by atoms with E-state index in [1.807, 2.05) is 4.90 Å². The maximum atomic E-state index is 11.8. The number of carbonyl (C=O) groups is 2. The van der Waals surface area contributed by atoms with Gasteiger partial charge < -0.3 is 5.11 Å². The summed E-state index contributed by atoms with van der Waals surface area (Å²) in [7, 11) is 0. The van der Waals surface area contributed by atoms with Crippen molar-refractivity contribution in [1.29, 1.82) is 0 Å². The van der Waals surface area contributed by atoms with Gasteiger partial charge in [0.05, 0.1) is 13.0 Å².